The number of piperidine rings is 1. The van der Waals surface area contributed by atoms with E-state index in [0.29, 0.717) is 39.1 Å². The van der Waals surface area contributed by atoms with Crippen LogP contribution in [0.5, 0.6) is 5.75 Å². The molecule has 2 N–H and O–H groups in total. The summed E-state index contributed by atoms with van der Waals surface area (Å²) in [4.78, 5) is 14.4. The molecule has 3 aliphatic rings. The molecule has 0 bridgehead atoms. The van der Waals surface area contributed by atoms with Gasteiger partial charge in [0.15, 0.2) is 0 Å². The van der Waals surface area contributed by atoms with Crippen LogP contribution in [0.1, 0.15) is 50.7 Å². The van der Waals surface area contributed by atoms with Gasteiger partial charge in [-0.25, -0.2) is 4.79 Å². The molecule has 0 unspecified atom stereocenters. The molecule has 0 aliphatic carbocycles. The van der Waals surface area contributed by atoms with Crippen LogP contribution in [0.2, 0.25) is 0 Å². The SMILES string of the molecule is CC1(C)Cc2cc(CNC(=O)N3CCC4(CC3)OCCC[C@H]4O)ccc2O1. The maximum atomic E-state index is 12.5. The van der Waals surface area contributed by atoms with Gasteiger partial charge in [-0.05, 0) is 56.7 Å². The quantitative estimate of drug-likeness (QED) is 0.835. The fourth-order valence-corrected chi connectivity index (χ4v) is 4.54. The molecule has 6 nitrogen and oxygen atoms in total. The molecule has 1 aromatic carbocycles. The molecule has 4 rings (SSSR count). The number of nitrogens with one attached hydrogen (secondary N) is 1. The summed E-state index contributed by atoms with van der Waals surface area (Å²) in [6.07, 6.45) is 3.59. The minimum atomic E-state index is -0.443. The van der Waals surface area contributed by atoms with E-state index in [9.17, 15) is 9.90 Å². The van der Waals surface area contributed by atoms with E-state index in [0.717, 1.165) is 30.6 Å². The van der Waals surface area contributed by atoms with Crippen LogP contribution in [0.3, 0.4) is 0 Å². The number of carbonyl (C=O) groups excluding carboxylic acids is 1. The molecule has 2 saturated heterocycles. The van der Waals surface area contributed by atoms with Crippen LogP contribution in [0.15, 0.2) is 18.2 Å². The molecule has 1 atom stereocenters. The molecular weight excluding hydrogens is 344 g/mol. The number of urea groups is 1. The van der Waals surface area contributed by atoms with Crippen molar-refractivity contribution in [1.82, 2.24) is 10.2 Å². The molecule has 148 valence electrons. The second-order valence-corrected chi connectivity index (χ2v) is 8.70. The van der Waals surface area contributed by atoms with Crippen LogP contribution < -0.4 is 10.1 Å². The Kier molecular flexibility index (Phi) is 4.80. The Morgan fingerprint density at radius 3 is 2.85 bits per heavy atom. The van der Waals surface area contributed by atoms with Gasteiger partial charge < -0.3 is 24.8 Å². The van der Waals surface area contributed by atoms with E-state index >= 15 is 0 Å². The Labute approximate surface area is 160 Å². The number of benzene rings is 1. The van der Waals surface area contributed by atoms with Crippen LogP contribution in [0, 0.1) is 0 Å². The van der Waals surface area contributed by atoms with Crippen molar-refractivity contribution in [3.63, 3.8) is 0 Å². The lowest BCUT2D eigenvalue weighted by molar-refractivity contribution is -0.173. The number of rotatable bonds is 2. The van der Waals surface area contributed by atoms with Crippen molar-refractivity contribution in [2.45, 2.75) is 69.8 Å². The fourth-order valence-electron chi connectivity index (χ4n) is 4.54. The lowest BCUT2D eigenvalue weighted by atomic mass is 9.82. The lowest BCUT2D eigenvalue weighted by Gasteiger charge is -2.46. The average molecular weight is 374 g/mol. The number of hydrogen-bond acceptors (Lipinski definition) is 4. The number of nitrogens with zero attached hydrogens (tertiary/aromatic N) is 1. The summed E-state index contributed by atoms with van der Waals surface area (Å²) in [6.45, 7) is 6.63. The molecule has 6 heteroatoms. The lowest BCUT2D eigenvalue weighted by Crippen LogP contribution is -2.57. The first-order chi connectivity index (χ1) is 12.9. The summed E-state index contributed by atoms with van der Waals surface area (Å²) in [5.41, 5.74) is 1.69. The zero-order valence-electron chi connectivity index (χ0n) is 16.3. The monoisotopic (exact) mass is 374 g/mol. The molecule has 3 heterocycles. The predicted molar refractivity (Wildman–Crippen MR) is 102 cm³/mol. The molecule has 3 aliphatic heterocycles. The number of likely N-dealkylation sites (tertiary alicyclic amines) is 1. The van der Waals surface area contributed by atoms with Crippen molar-refractivity contribution in [2.24, 2.45) is 0 Å². The molecule has 2 amide bonds. The Balaban J connectivity index is 1.30. The first-order valence-electron chi connectivity index (χ1n) is 10.0. The molecule has 0 aromatic heterocycles. The molecule has 27 heavy (non-hydrogen) atoms. The number of amides is 2. The second kappa shape index (κ2) is 6.99. The number of aliphatic hydroxyl groups is 1. The van der Waals surface area contributed by atoms with E-state index in [1.165, 1.54) is 5.56 Å². The maximum Gasteiger partial charge on any atom is 0.317 e. The minimum absolute atomic E-state index is 0.0489. The minimum Gasteiger partial charge on any atom is -0.487 e. The number of hydrogen-bond donors (Lipinski definition) is 2. The maximum absolute atomic E-state index is 12.5. The molecular formula is C21H30N2O4. The zero-order chi connectivity index (χ0) is 19.1. The van der Waals surface area contributed by atoms with Gasteiger partial charge in [-0.3, -0.25) is 0 Å². The van der Waals surface area contributed by atoms with E-state index in [-0.39, 0.29) is 11.6 Å². The van der Waals surface area contributed by atoms with Crippen molar-refractivity contribution >= 4 is 6.03 Å². The summed E-state index contributed by atoms with van der Waals surface area (Å²) < 4.78 is 11.8. The first-order valence-corrected chi connectivity index (χ1v) is 10.0. The largest absolute Gasteiger partial charge is 0.487 e. The van der Waals surface area contributed by atoms with Gasteiger partial charge in [-0.15, -0.1) is 0 Å². The highest BCUT2D eigenvalue weighted by Crippen LogP contribution is 2.36. The summed E-state index contributed by atoms with van der Waals surface area (Å²) in [5, 5.41) is 13.3. The van der Waals surface area contributed by atoms with Crippen LogP contribution in [-0.2, 0) is 17.7 Å². The third-order valence-corrected chi connectivity index (χ3v) is 6.09. The predicted octanol–water partition coefficient (Wildman–Crippen LogP) is 2.62. The van der Waals surface area contributed by atoms with Crippen molar-refractivity contribution in [2.75, 3.05) is 19.7 Å². The number of aliphatic hydroxyl groups excluding tert-OH is 1. The highest BCUT2D eigenvalue weighted by atomic mass is 16.5. The van der Waals surface area contributed by atoms with Gasteiger partial charge in [-0.1, -0.05) is 12.1 Å². The van der Waals surface area contributed by atoms with Crippen molar-refractivity contribution in [3.8, 4) is 5.75 Å². The molecule has 0 radical (unpaired) electrons. The Hall–Kier alpha value is -1.79. The van der Waals surface area contributed by atoms with E-state index < -0.39 is 11.7 Å². The normalized spacial score (nSPS) is 25.7. The van der Waals surface area contributed by atoms with Crippen LogP contribution in [-0.4, -0.2) is 53.0 Å². The number of fused-ring (bicyclic) bond motifs is 1. The van der Waals surface area contributed by atoms with Crippen LogP contribution in [0.4, 0.5) is 4.79 Å². The van der Waals surface area contributed by atoms with Gasteiger partial charge in [0.05, 0.1) is 11.7 Å². The van der Waals surface area contributed by atoms with E-state index in [2.05, 4.69) is 25.2 Å². The van der Waals surface area contributed by atoms with Crippen molar-refractivity contribution in [1.29, 1.82) is 0 Å². The first kappa shape index (κ1) is 18.6. The molecule has 0 saturated carbocycles. The zero-order valence-corrected chi connectivity index (χ0v) is 16.3. The highest BCUT2D eigenvalue weighted by molar-refractivity contribution is 5.74. The smallest absolute Gasteiger partial charge is 0.317 e. The third-order valence-electron chi connectivity index (χ3n) is 6.09. The summed E-state index contributed by atoms with van der Waals surface area (Å²) >= 11 is 0. The Bertz CT molecular complexity index is 710. The highest BCUT2D eigenvalue weighted by Gasteiger charge is 2.44. The van der Waals surface area contributed by atoms with Gasteiger partial charge >= 0.3 is 6.03 Å². The van der Waals surface area contributed by atoms with Gasteiger partial charge in [0.2, 0.25) is 0 Å². The second-order valence-electron chi connectivity index (χ2n) is 8.70. The molecule has 1 spiro atoms. The summed E-state index contributed by atoms with van der Waals surface area (Å²) in [5.74, 6) is 0.947. The van der Waals surface area contributed by atoms with Gasteiger partial charge in [0, 0.05) is 32.7 Å². The summed E-state index contributed by atoms with van der Waals surface area (Å²) in [7, 11) is 0. The Morgan fingerprint density at radius 1 is 1.33 bits per heavy atom. The summed E-state index contributed by atoms with van der Waals surface area (Å²) in [6, 6.07) is 6.09. The molecule has 1 aromatic rings. The van der Waals surface area contributed by atoms with Crippen molar-refractivity contribution in [3.05, 3.63) is 29.3 Å². The Morgan fingerprint density at radius 2 is 2.11 bits per heavy atom. The van der Waals surface area contributed by atoms with E-state index in [1.807, 2.05) is 17.0 Å². The topological polar surface area (TPSA) is 71.0 Å². The third kappa shape index (κ3) is 3.78. The number of carbonyl (C=O) groups is 1. The molecule has 2 fully saturated rings. The standard InChI is InChI=1S/C21H30N2O4/c1-20(2)13-16-12-15(5-6-17(16)27-20)14-22-19(25)23-9-7-21(8-10-23)18(24)4-3-11-26-21/h5-6,12,18,24H,3-4,7-11,13-14H2,1-2H3,(H,22,25)/t18-/m1/s1. The van der Waals surface area contributed by atoms with Crippen LogP contribution >= 0.6 is 0 Å². The van der Waals surface area contributed by atoms with E-state index in [1.54, 1.807) is 0 Å². The van der Waals surface area contributed by atoms with E-state index in [4.69, 9.17) is 9.47 Å². The van der Waals surface area contributed by atoms with Crippen LogP contribution in [0.25, 0.3) is 0 Å². The van der Waals surface area contributed by atoms with Gasteiger partial charge in [0.1, 0.15) is 11.4 Å². The average Bonchev–Trinajstić information content (AvgIpc) is 2.96. The fraction of sp³-hybridized carbons (Fsp3) is 0.667. The van der Waals surface area contributed by atoms with Gasteiger partial charge in [-0.2, -0.15) is 0 Å². The number of ether oxygens (including phenoxy) is 2. The van der Waals surface area contributed by atoms with Crippen molar-refractivity contribution < 1.29 is 19.4 Å². The van der Waals surface area contributed by atoms with Gasteiger partial charge in [0.25, 0.3) is 0 Å².